The van der Waals surface area contributed by atoms with E-state index in [2.05, 4.69) is 16.5 Å². The quantitative estimate of drug-likeness (QED) is 0.883. The second-order valence-electron chi connectivity index (χ2n) is 3.69. The van der Waals surface area contributed by atoms with Crippen LogP contribution in [0.25, 0.3) is 0 Å². The van der Waals surface area contributed by atoms with Crippen LogP contribution in [-0.2, 0) is 0 Å². The first-order valence-corrected chi connectivity index (χ1v) is 6.41. The molecule has 5 heteroatoms. The Labute approximate surface area is 105 Å². The minimum Gasteiger partial charge on any atom is -0.493 e. The van der Waals surface area contributed by atoms with Gasteiger partial charge in [-0.25, -0.2) is 0 Å². The summed E-state index contributed by atoms with van der Waals surface area (Å²) < 4.78 is 9.51. The van der Waals surface area contributed by atoms with E-state index in [9.17, 15) is 0 Å². The summed E-state index contributed by atoms with van der Waals surface area (Å²) in [7, 11) is 0. The van der Waals surface area contributed by atoms with E-state index in [0.29, 0.717) is 6.61 Å². The molecule has 2 rings (SSSR count). The lowest BCUT2D eigenvalue weighted by molar-refractivity contribution is 0.313. The summed E-state index contributed by atoms with van der Waals surface area (Å²) in [4.78, 5) is 0. The number of ether oxygens (including phenoxy) is 1. The van der Waals surface area contributed by atoms with E-state index in [4.69, 9.17) is 10.5 Å². The number of hydrogen-bond donors (Lipinski definition) is 1. The molecule has 0 amide bonds. The van der Waals surface area contributed by atoms with Gasteiger partial charge in [-0.15, -0.1) is 5.10 Å². The molecule has 2 N–H and O–H groups in total. The van der Waals surface area contributed by atoms with Crippen molar-refractivity contribution >= 4 is 11.5 Å². The van der Waals surface area contributed by atoms with Crippen LogP contribution >= 0.6 is 11.5 Å². The number of para-hydroxylation sites is 1. The highest BCUT2D eigenvalue weighted by Gasteiger charge is 2.15. The van der Waals surface area contributed by atoms with Gasteiger partial charge in [0.15, 0.2) is 0 Å². The summed E-state index contributed by atoms with van der Waals surface area (Å²) in [6.45, 7) is 2.77. The fraction of sp³-hybridized carbons (Fsp3) is 0.333. The van der Waals surface area contributed by atoms with Crippen molar-refractivity contribution in [1.29, 1.82) is 0 Å². The van der Waals surface area contributed by atoms with Crippen LogP contribution in [0.3, 0.4) is 0 Å². The van der Waals surface area contributed by atoms with Crippen molar-refractivity contribution in [2.75, 3.05) is 6.61 Å². The normalized spacial score (nSPS) is 12.4. The third-order valence-corrected chi connectivity index (χ3v) is 2.93. The Hall–Kier alpha value is -1.46. The van der Waals surface area contributed by atoms with E-state index in [1.807, 2.05) is 29.6 Å². The molecule has 1 unspecified atom stereocenters. The molecule has 1 heterocycles. The van der Waals surface area contributed by atoms with Crippen molar-refractivity contribution in [3.63, 3.8) is 0 Å². The number of benzene rings is 1. The summed E-state index contributed by atoms with van der Waals surface area (Å²) in [6.07, 6.45) is 0.974. The molecule has 0 spiro atoms. The van der Waals surface area contributed by atoms with Gasteiger partial charge in [0.1, 0.15) is 5.75 Å². The van der Waals surface area contributed by atoms with Crippen LogP contribution < -0.4 is 10.5 Å². The minimum absolute atomic E-state index is 0.276. The van der Waals surface area contributed by atoms with Gasteiger partial charge in [-0.05, 0) is 24.0 Å². The van der Waals surface area contributed by atoms with E-state index in [-0.39, 0.29) is 6.04 Å². The molecule has 0 fully saturated rings. The number of nitrogens with zero attached hydrogens (tertiary/aromatic N) is 2. The maximum Gasteiger partial charge on any atom is 0.124 e. The van der Waals surface area contributed by atoms with Crippen molar-refractivity contribution in [3.05, 3.63) is 40.9 Å². The second kappa shape index (κ2) is 5.75. The van der Waals surface area contributed by atoms with Gasteiger partial charge in [0.05, 0.1) is 18.3 Å². The van der Waals surface area contributed by atoms with Crippen LogP contribution in [0.4, 0.5) is 0 Å². The van der Waals surface area contributed by atoms with Crippen molar-refractivity contribution in [1.82, 2.24) is 9.59 Å². The molecule has 0 saturated heterocycles. The zero-order chi connectivity index (χ0) is 12.1. The van der Waals surface area contributed by atoms with Gasteiger partial charge < -0.3 is 10.5 Å². The van der Waals surface area contributed by atoms with E-state index in [1.54, 1.807) is 0 Å². The molecule has 0 aliphatic carbocycles. The number of aromatic nitrogens is 2. The lowest BCUT2D eigenvalue weighted by Crippen LogP contribution is -2.14. The van der Waals surface area contributed by atoms with E-state index >= 15 is 0 Å². The van der Waals surface area contributed by atoms with Gasteiger partial charge in [-0.2, -0.15) is 0 Å². The average molecular weight is 249 g/mol. The van der Waals surface area contributed by atoms with Gasteiger partial charge in [0, 0.05) is 10.9 Å². The molecular formula is C12H15N3OS. The predicted octanol–water partition coefficient (Wildman–Crippen LogP) is 2.38. The van der Waals surface area contributed by atoms with E-state index in [1.165, 1.54) is 11.5 Å². The van der Waals surface area contributed by atoms with Crippen molar-refractivity contribution < 1.29 is 4.74 Å². The molecule has 0 saturated carbocycles. The summed E-state index contributed by atoms with van der Waals surface area (Å²) in [5.74, 6) is 0.829. The number of rotatable bonds is 5. The Morgan fingerprint density at radius 3 is 2.94 bits per heavy atom. The van der Waals surface area contributed by atoms with Crippen LogP contribution in [0.5, 0.6) is 5.75 Å². The lowest BCUT2D eigenvalue weighted by atomic mass is 10.0. The average Bonchev–Trinajstić information content (AvgIpc) is 2.89. The molecule has 1 atom stereocenters. The van der Waals surface area contributed by atoms with Crippen molar-refractivity contribution in [2.24, 2.45) is 5.73 Å². The molecule has 0 aliphatic heterocycles. The van der Waals surface area contributed by atoms with E-state index < -0.39 is 0 Å². The Morgan fingerprint density at radius 1 is 1.41 bits per heavy atom. The zero-order valence-electron chi connectivity index (χ0n) is 9.67. The number of hydrogen-bond acceptors (Lipinski definition) is 5. The highest BCUT2D eigenvalue weighted by Crippen LogP contribution is 2.27. The van der Waals surface area contributed by atoms with Crippen molar-refractivity contribution in [2.45, 2.75) is 19.4 Å². The molecule has 17 heavy (non-hydrogen) atoms. The molecule has 0 bridgehead atoms. The van der Waals surface area contributed by atoms with Crippen LogP contribution in [0.2, 0.25) is 0 Å². The fourth-order valence-electron chi connectivity index (χ4n) is 1.55. The third-order valence-electron chi connectivity index (χ3n) is 2.41. The zero-order valence-corrected chi connectivity index (χ0v) is 10.5. The summed E-state index contributed by atoms with van der Waals surface area (Å²) in [6, 6.07) is 7.52. The van der Waals surface area contributed by atoms with Crippen LogP contribution in [0.15, 0.2) is 29.6 Å². The van der Waals surface area contributed by atoms with Gasteiger partial charge in [0.25, 0.3) is 0 Å². The molecule has 2 aromatic rings. The predicted molar refractivity (Wildman–Crippen MR) is 68.2 cm³/mol. The maximum atomic E-state index is 6.16. The van der Waals surface area contributed by atoms with Gasteiger partial charge in [-0.3, -0.25) is 0 Å². The number of nitrogens with two attached hydrogens (primary N) is 1. The lowest BCUT2D eigenvalue weighted by Gasteiger charge is -2.14. The fourth-order valence-corrected chi connectivity index (χ4v) is 2.04. The Bertz CT molecular complexity index is 459. The molecular weight excluding hydrogens is 234 g/mol. The summed E-state index contributed by atoms with van der Waals surface area (Å²) >= 11 is 1.30. The molecule has 90 valence electrons. The van der Waals surface area contributed by atoms with Crippen LogP contribution in [0, 0.1) is 0 Å². The minimum atomic E-state index is -0.276. The maximum absolute atomic E-state index is 6.16. The Balaban J connectivity index is 2.25. The first-order valence-electron chi connectivity index (χ1n) is 5.57. The Kier molecular flexibility index (Phi) is 4.06. The molecule has 1 aromatic carbocycles. The van der Waals surface area contributed by atoms with E-state index in [0.717, 1.165) is 23.4 Å². The smallest absolute Gasteiger partial charge is 0.124 e. The Morgan fingerprint density at radius 2 is 2.24 bits per heavy atom. The van der Waals surface area contributed by atoms with Gasteiger partial charge >= 0.3 is 0 Å². The standard InChI is InChI=1S/C12H15N3OS/c1-2-7-16-11-6-4-3-5-9(11)12(13)10-8-17-15-14-10/h3-6,8,12H,2,7,13H2,1H3. The highest BCUT2D eigenvalue weighted by molar-refractivity contribution is 7.03. The summed E-state index contributed by atoms with van der Waals surface area (Å²) in [5, 5.41) is 5.86. The second-order valence-corrected chi connectivity index (χ2v) is 4.30. The molecule has 4 nitrogen and oxygen atoms in total. The monoisotopic (exact) mass is 249 g/mol. The van der Waals surface area contributed by atoms with Gasteiger partial charge in [-0.1, -0.05) is 29.6 Å². The van der Waals surface area contributed by atoms with Gasteiger partial charge in [0.2, 0.25) is 0 Å². The largest absolute Gasteiger partial charge is 0.493 e. The SMILES string of the molecule is CCCOc1ccccc1C(N)c1csnn1. The molecule has 0 radical (unpaired) electrons. The first kappa shape index (κ1) is 12.0. The first-order chi connectivity index (χ1) is 8.33. The van der Waals surface area contributed by atoms with Crippen LogP contribution in [-0.4, -0.2) is 16.2 Å². The topological polar surface area (TPSA) is 61.0 Å². The van der Waals surface area contributed by atoms with Crippen LogP contribution in [0.1, 0.15) is 30.6 Å². The van der Waals surface area contributed by atoms with Crippen molar-refractivity contribution in [3.8, 4) is 5.75 Å². The molecule has 1 aromatic heterocycles. The summed E-state index contributed by atoms with van der Waals surface area (Å²) in [5.41, 5.74) is 7.89. The third kappa shape index (κ3) is 2.81. The highest BCUT2D eigenvalue weighted by atomic mass is 32.1. The molecule has 0 aliphatic rings.